The molecule has 1 fully saturated rings. The van der Waals surface area contributed by atoms with Crippen LogP contribution in [0.3, 0.4) is 0 Å². The summed E-state index contributed by atoms with van der Waals surface area (Å²) in [4.78, 5) is 31.4. The fourth-order valence-corrected chi connectivity index (χ4v) is 3.69. The number of benzene rings is 2. The lowest BCUT2D eigenvalue weighted by Crippen LogP contribution is -2.28. The summed E-state index contributed by atoms with van der Waals surface area (Å²) in [7, 11) is 0. The number of carbonyl (C=O) groups excluding carboxylic acids is 2. The van der Waals surface area contributed by atoms with E-state index in [9.17, 15) is 14.0 Å². The third kappa shape index (κ3) is 5.58. The largest absolute Gasteiger partial charge is 0.357 e. The van der Waals surface area contributed by atoms with Gasteiger partial charge < -0.3 is 15.5 Å². The van der Waals surface area contributed by atoms with E-state index in [0.29, 0.717) is 16.4 Å². The molecule has 0 saturated carbocycles. The predicted molar refractivity (Wildman–Crippen MR) is 132 cm³/mol. The van der Waals surface area contributed by atoms with Crippen molar-refractivity contribution in [3.05, 3.63) is 88.3 Å². The van der Waals surface area contributed by atoms with Crippen LogP contribution in [-0.2, 0) is 0 Å². The Bertz CT molecular complexity index is 1210. The van der Waals surface area contributed by atoms with Gasteiger partial charge in [0.2, 0.25) is 0 Å². The Morgan fingerprint density at radius 1 is 0.971 bits per heavy atom. The molecule has 0 aliphatic carbocycles. The standard InChI is InChI=1S/C24H21ClFN5O2.CH4/c25-16-8-10-21(28-14-16)30-24(33)18-5-1-2-6-20(18)29-23(32)17-9-7-15(13-19(17)26)22(27)31-11-3-4-12-31;/h1-2,5-10,13-14,27H,3-4,11-12H2,(H,29,32)(H,28,30,33);1H4. The van der Waals surface area contributed by atoms with Gasteiger partial charge in [-0.25, -0.2) is 9.37 Å². The SMILES string of the molecule is C.N=C(c1ccc(C(=O)Nc2ccccc2C(=O)Nc2ccc(Cl)cn2)c(F)c1)N1CCCC1. The highest BCUT2D eigenvalue weighted by Gasteiger charge is 2.20. The Morgan fingerprint density at radius 3 is 2.35 bits per heavy atom. The van der Waals surface area contributed by atoms with E-state index in [0.717, 1.165) is 25.9 Å². The molecule has 0 spiro atoms. The van der Waals surface area contributed by atoms with Gasteiger partial charge in [0.1, 0.15) is 17.5 Å². The van der Waals surface area contributed by atoms with Gasteiger partial charge in [-0.05, 0) is 49.2 Å². The van der Waals surface area contributed by atoms with Gasteiger partial charge in [-0.1, -0.05) is 37.2 Å². The summed E-state index contributed by atoms with van der Waals surface area (Å²) >= 11 is 5.81. The molecule has 2 heterocycles. The predicted octanol–water partition coefficient (Wildman–Crippen LogP) is 5.44. The van der Waals surface area contributed by atoms with Gasteiger partial charge in [-0.15, -0.1) is 0 Å². The molecular weight excluding hydrogens is 457 g/mol. The van der Waals surface area contributed by atoms with Crippen LogP contribution in [0.5, 0.6) is 0 Å². The summed E-state index contributed by atoms with van der Waals surface area (Å²) in [5.74, 6) is -1.38. The fraction of sp³-hybridized carbons (Fsp3) is 0.200. The van der Waals surface area contributed by atoms with Crippen molar-refractivity contribution in [3.63, 3.8) is 0 Å². The second kappa shape index (κ2) is 10.9. The van der Waals surface area contributed by atoms with Gasteiger partial charge in [0, 0.05) is 24.8 Å². The fourth-order valence-electron chi connectivity index (χ4n) is 3.58. The van der Waals surface area contributed by atoms with Crippen molar-refractivity contribution in [3.8, 4) is 0 Å². The zero-order valence-electron chi connectivity index (χ0n) is 17.6. The maximum Gasteiger partial charge on any atom is 0.258 e. The quantitative estimate of drug-likeness (QED) is 0.334. The van der Waals surface area contributed by atoms with Crippen LogP contribution in [0, 0.1) is 11.2 Å². The van der Waals surface area contributed by atoms with E-state index in [2.05, 4.69) is 15.6 Å². The molecule has 3 aromatic rings. The van der Waals surface area contributed by atoms with Crippen LogP contribution in [0.2, 0.25) is 5.02 Å². The minimum Gasteiger partial charge on any atom is -0.357 e. The lowest BCUT2D eigenvalue weighted by Gasteiger charge is -2.19. The molecule has 3 N–H and O–H groups in total. The average Bonchev–Trinajstić information content (AvgIpc) is 3.35. The molecule has 0 atom stereocenters. The molecule has 1 saturated heterocycles. The van der Waals surface area contributed by atoms with Crippen molar-refractivity contribution in [2.24, 2.45) is 0 Å². The van der Waals surface area contributed by atoms with Crippen LogP contribution in [0.4, 0.5) is 15.9 Å². The van der Waals surface area contributed by atoms with Crippen LogP contribution in [-0.4, -0.2) is 40.6 Å². The Hall–Kier alpha value is -3.78. The third-order valence-corrected chi connectivity index (χ3v) is 5.52. The second-order valence-corrected chi connectivity index (χ2v) is 7.99. The molecule has 7 nitrogen and oxygen atoms in total. The van der Waals surface area contributed by atoms with E-state index < -0.39 is 17.6 Å². The number of anilines is 2. The maximum absolute atomic E-state index is 14.8. The molecule has 2 amide bonds. The molecule has 9 heteroatoms. The Kier molecular flexibility index (Phi) is 7.96. The number of halogens is 2. The lowest BCUT2D eigenvalue weighted by atomic mass is 10.1. The number of rotatable bonds is 5. The van der Waals surface area contributed by atoms with E-state index in [1.165, 1.54) is 24.4 Å². The third-order valence-electron chi connectivity index (χ3n) is 5.30. The number of amides is 2. The van der Waals surface area contributed by atoms with Crippen molar-refractivity contribution in [2.75, 3.05) is 23.7 Å². The molecule has 0 bridgehead atoms. The van der Waals surface area contributed by atoms with E-state index >= 15 is 0 Å². The summed E-state index contributed by atoms with van der Waals surface area (Å²) in [6.07, 6.45) is 3.42. The normalized spacial score (nSPS) is 12.6. The van der Waals surface area contributed by atoms with Gasteiger partial charge in [-0.2, -0.15) is 0 Å². The molecule has 2 aromatic carbocycles. The lowest BCUT2D eigenvalue weighted by molar-refractivity contribution is 0.102. The number of hydrogen-bond donors (Lipinski definition) is 3. The summed E-state index contributed by atoms with van der Waals surface area (Å²) in [6.45, 7) is 1.54. The summed E-state index contributed by atoms with van der Waals surface area (Å²) in [6, 6.07) is 13.7. The Balaban J connectivity index is 0.00000324. The van der Waals surface area contributed by atoms with Crippen molar-refractivity contribution >= 4 is 40.8 Å². The first kappa shape index (κ1) is 24.9. The van der Waals surface area contributed by atoms with Crippen LogP contribution < -0.4 is 10.6 Å². The molecule has 4 rings (SSSR count). The van der Waals surface area contributed by atoms with E-state index in [1.54, 1.807) is 36.4 Å². The number of hydrogen-bond acceptors (Lipinski definition) is 4. The van der Waals surface area contributed by atoms with Crippen molar-refractivity contribution in [1.29, 1.82) is 5.41 Å². The number of aromatic nitrogens is 1. The van der Waals surface area contributed by atoms with Gasteiger partial charge in [-0.3, -0.25) is 15.0 Å². The van der Waals surface area contributed by atoms with Crippen molar-refractivity contribution in [2.45, 2.75) is 20.3 Å². The minimum atomic E-state index is -0.735. The first-order valence-corrected chi connectivity index (χ1v) is 10.8. The highest BCUT2D eigenvalue weighted by atomic mass is 35.5. The number of pyridine rings is 1. The topological polar surface area (TPSA) is 98.2 Å². The van der Waals surface area contributed by atoms with Crippen LogP contribution in [0.25, 0.3) is 0 Å². The van der Waals surface area contributed by atoms with Crippen molar-refractivity contribution in [1.82, 2.24) is 9.88 Å². The zero-order chi connectivity index (χ0) is 23.4. The minimum absolute atomic E-state index is 0. The summed E-state index contributed by atoms with van der Waals surface area (Å²) < 4.78 is 14.8. The first-order chi connectivity index (χ1) is 15.9. The number of likely N-dealkylation sites (tertiary alicyclic amines) is 1. The molecule has 34 heavy (non-hydrogen) atoms. The molecule has 176 valence electrons. The number of carbonyl (C=O) groups is 2. The average molecular weight is 482 g/mol. The molecule has 1 aromatic heterocycles. The number of para-hydroxylation sites is 1. The summed E-state index contributed by atoms with van der Waals surface area (Å²) in [5, 5.41) is 13.9. The summed E-state index contributed by atoms with van der Waals surface area (Å²) in [5.41, 5.74) is 0.654. The van der Waals surface area contributed by atoms with Crippen LogP contribution >= 0.6 is 11.6 Å². The van der Waals surface area contributed by atoms with E-state index in [-0.39, 0.29) is 30.1 Å². The van der Waals surface area contributed by atoms with Crippen molar-refractivity contribution < 1.29 is 14.0 Å². The van der Waals surface area contributed by atoms with Gasteiger partial charge in [0.15, 0.2) is 0 Å². The first-order valence-electron chi connectivity index (χ1n) is 10.4. The molecule has 0 radical (unpaired) electrons. The van der Waals surface area contributed by atoms with E-state index in [1.807, 2.05) is 4.90 Å². The smallest absolute Gasteiger partial charge is 0.258 e. The second-order valence-electron chi connectivity index (χ2n) is 7.55. The monoisotopic (exact) mass is 481 g/mol. The Labute approximate surface area is 202 Å². The van der Waals surface area contributed by atoms with E-state index in [4.69, 9.17) is 17.0 Å². The van der Waals surface area contributed by atoms with Crippen LogP contribution in [0.15, 0.2) is 60.8 Å². The maximum atomic E-state index is 14.8. The Morgan fingerprint density at radius 2 is 1.68 bits per heavy atom. The molecule has 1 aliphatic rings. The highest BCUT2D eigenvalue weighted by molar-refractivity contribution is 6.30. The highest BCUT2D eigenvalue weighted by Crippen LogP contribution is 2.21. The van der Waals surface area contributed by atoms with Gasteiger partial charge in [0.05, 0.1) is 21.8 Å². The van der Waals surface area contributed by atoms with Gasteiger partial charge >= 0.3 is 0 Å². The number of nitrogens with one attached hydrogen (secondary N) is 3. The molecular formula is C25H25ClFN5O2. The number of amidine groups is 1. The molecule has 1 aliphatic heterocycles. The van der Waals surface area contributed by atoms with Crippen LogP contribution in [0.1, 0.15) is 46.5 Å². The zero-order valence-corrected chi connectivity index (χ0v) is 18.3. The molecule has 0 unspecified atom stereocenters. The van der Waals surface area contributed by atoms with Gasteiger partial charge in [0.25, 0.3) is 11.8 Å². The number of nitrogens with zero attached hydrogens (tertiary/aromatic N) is 2.